The van der Waals surface area contributed by atoms with Gasteiger partial charge in [-0.15, -0.1) is 10.2 Å². The fraction of sp³-hybridized carbons (Fsp3) is 0.560. The summed E-state index contributed by atoms with van der Waals surface area (Å²) in [5, 5.41) is 17.7. The van der Waals surface area contributed by atoms with Crippen molar-refractivity contribution in [3.8, 4) is 0 Å². The molecule has 3 heterocycles. The van der Waals surface area contributed by atoms with Gasteiger partial charge in [0.25, 0.3) is 5.91 Å². The lowest BCUT2D eigenvalue weighted by atomic mass is 9.92. The molecule has 1 fully saturated rings. The van der Waals surface area contributed by atoms with Gasteiger partial charge in [0.1, 0.15) is 23.5 Å². The number of carbonyl (C=O) groups is 2. The maximum atomic E-state index is 14.9. The average molecular weight is 516 g/mol. The van der Waals surface area contributed by atoms with Crippen molar-refractivity contribution >= 4 is 23.0 Å². The number of carboxylic acid groups (broad SMARTS) is 1. The van der Waals surface area contributed by atoms with Crippen LogP contribution >= 0.6 is 0 Å². The quantitative estimate of drug-likeness (QED) is 0.396. The van der Waals surface area contributed by atoms with E-state index in [1.54, 1.807) is 28.7 Å². The lowest BCUT2D eigenvalue weighted by Gasteiger charge is -2.41. The van der Waals surface area contributed by atoms with Crippen LogP contribution < -0.4 is 0 Å². The third-order valence-electron chi connectivity index (χ3n) is 6.67. The molecule has 3 aromatic rings. The zero-order valence-electron chi connectivity index (χ0n) is 21.4. The number of aromatic amines is 1. The van der Waals surface area contributed by atoms with Gasteiger partial charge >= 0.3 is 6.09 Å². The van der Waals surface area contributed by atoms with Gasteiger partial charge in [0.05, 0.1) is 11.6 Å². The highest BCUT2D eigenvalue weighted by atomic mass is 19.1. The Kier molecular flexibility index (Phi) is 8.37. The number of likely N-dealkylation sites (tertiary alicyclic amines) is 1. The van der Waals surface area contributed by atoms with Gasteiger partial charge in [-0.2, -0.15) is 0 Å². The van der Waals surface area contributed by atoms with E-state index in [4.69, 9.17) is 4.74 Å². The highest BCUT2D eigenvalue weighted by molar-refractivity contribution is 5.95. The Morgan fingerprint density at radius 3 is 2.78 bits per heavy atom. The van der Waals surface area contributed by atoms with Crippen molar-refractivity contribution in [1.29, 1.82) is 0 Å². The normalized spacial score (nSPS) is 18.0. The van der Waals surface area contributed by atoms with Gasteiger partial charge in [0.15, 0.2) is 5.82 Å². The number of hydrogen-bond acceptors (Lipinski definition) is 6. The Hall–Kier alpha value is -3.54. The van der Waals surface area contributed by atoms with Crippen molar-refractivity contribution in [2.75, 3.05) is 33.4 Å². The Morgan fingerprint density at radius 1 is 1.30 bits per heavy atom. The summed E-state index contributed by atoms with van der Waals surface area (Å²) in [7, 11) is 1.63. The first-order valence-corrected chi connectivity index (χ1v) is 12.6. The summed E-state index contributed by atoms with van der Waals surface area (Å²) in [4.78, 5) is 36.7. The van der Waals surface area contributed by atoms with Crippen LogP contribution in [0.1, 0.15) is 55.5 Å². The molecular weight excluding hydrogens is 481 g/mol. The largest absolute Gasteiger partial charge is 0.465 e. The minimum Gasteiger partial charge on any atom is -0.465 e. The number of nitrogens with zero attached hydrogens (tertiary/aromatic N) is 6. The smallest absolute Gasteiger partial charge is 0.407 e. The van der Waals surface area contributed by atoms with E-state index in [1.807, 2.05) is 13.8 Å². The first-order valence-electron chi connectivity index (χ1n) is 12.6. The molecule has 2 N–H and O–H groups in total. The summed E-state index contributed by atoms with van der Waals surface area (Å²) in [5.74, 6) is -0.174. The molecule has 0 aliphatic carbocycles. The summed E-state index contributed by atoms with van der Waals surface area (Å²) in [6.07, 6.45) is 2.35. The van der Waals surface area contributed by atoms with Crippen molar-refractivity contribution in [3.05, 3.63) is 42.0 Å². The number of amides is 2. The van der Waals surface area contributed by atoms with E-state index in [0.29, 0.717) is 49.4 Å². The Balaban J connectivity index is 1.71. The number of nitrogens with one attached hydrogen (secondary N) is 1. The molecule has 1 aromatic carbocycles. The van der Waals surface area contributed by atoms with Crippen molar-refractivity contribution in [2.45, 2.75) is 51.6 Å². The molecular formula is C25H34FN7O4. The van der Waals surface area contributed by atoms with Crippen molar-refractivity contribution in [3.63, 3.8) is 0 Å². The molecule has 37 heavy (non-hydrogen) atoms. The van der Waals surface area contributed by atoms with Gasteiger partial charge in [-0.1, -0.05) is 19.9 Å². The number of benzene rings is 1. The number of methoxy groups -OCH3 is 1. The highest BCUT2D eigenvalue weighted by Crippen LogP contribution is 2.30. The lowest BCUT2D eigenvalue weighted by molar-refractivity contribution is 0.0453. The first kappa shape index (κ1) is 26.5. The second-order valence-corrected chi connectivity index (χ2v) is 9.89. The summed E-state index contributed by atoms with van der Waals surface area (Å²) >= 11 is 0. The molecule has 4 rings (SSSR count). The predicted molar refractivity (Wildman–Crippen MR) is 134 cm³/mol. The molecule has 2 aromatic heterocycles. The number of H-pyrrole nitrogens is 1. The number of para-hydroxylation sites is 1. The van der Waals surface area contributed by atoms with Gasteiger partial charge in [-0.3, -0.25) is 4.79 Å². The minimum absolute atomic E-state index is 0.115. The Labute approximate surface area is 214 Å². The van der Waals surface area contributed by atoms with Gasteiger partial charge in [-0.25, -0.2) is 14.2 Å². The molecule has 0 unspecified atom stereocenters. The van der Waals surface area contributed by atoms with Crippen LogP contribution in [-0.2, 0) is 11.3 Å². The van der Waals surface area contributed by atoms with Crippen molar-refractivity contribution in [1.82, 2.24) is 34.5 Å². The maximum absolute atomic E-state index is 14.9. The molecule has 0 saturated carbocycles. The molecule has 0 radical (unpaired) electrons. The van der Waals surface area contributed by atoms with Gasteiger partial charge in [0, 0.05) is 45.8 Å². The fourth-order valence-corrected chi connectivity index (χ4v) is 5.03. The van der Waals surface area contributed by atoms with Crippen LogP contribution in [-0.4, -0.2) is 91.0 Å². The number of ether oxygens (including phenoxy) is 1. The van der Waals surface area contributed by atoms with E-state index in [1.165, 1.54) is 17.3 Å². The number of aryl methyl sites for hydroxylation is 1. The van der Waals surface area contributed by atoms with Crippen LogP contribution in [0.15, 0.2) is 24.5 Å². The molecule has 0 bridgehead atoms. The van der Waals surface area contributed by atoms with Crippen molar-refractivity contribution in [2.24, 2.45) is 5.92 Å². The molecule has 1 aliphatic heterocycles. The molecule has 2 atom stereocenters. The number of carbonyl (C=O) groups excluding carboxylic acids is 1. The van der Waals surface area contributed by atoms with E-state index in [9.17, 15) is 19.1 Å². The third kappa shape index (κ3) is 5.90. The van der Waals surface area contributed by atoms with E-state index < -0.39 is 18.0 Å². The molecule has 11 nitrogen and oxygen atoms in total. The molecule has 1 saturated heterocycles. The Bertz CT molecular complexity index is 1210. The predicted octanol–water partition coefficient (Wildman–Crippen LogP) is 3.35. The summed E-state index contributed by atoms with van der Waals surface area (Å²) < 4.78 is 21.7. The zero-order chi connectivity index (χ0) is 26.5. The number of halogens is 1. The monoisotopic (exact) mass is 515 g/mol. The first-order chi connectivity index (χ1) is 17.8. The van der Waals surface area contributed by atoms with Crippen LogP contribution in [0.3, 0.4) is 0 Å². The van der Waals surface area contributed by atoms with Gasteiger partial charge in [0.2, 0.25) is 0 Å². The number of piperidine rings is 1. The molecule has 12 heteroatoms. The molecule has 1 aliphatic rings. The van der Waals surface area contributed by atoms with E-state index in [2.05, 4.69) is 20.2 Å². The van der Waals surface area contributed by atoms with Crippen LogP contribution in [0, 0.1) is 11.7 Å². The molecule has 2 amide bonds. The van der Waals surface area contributed by atoms with Gasteiger partial charge < -0.3 is 29.2 Å². The Morgan fingerprint density at radius 2 is 2.11 bits per heavy atom. The number of unbranched alkanes of at least 4 members (excludes halogenated alkanes) is 1. The SMILES string of the molecule is COCCCCn1c(C(=O)N(CC(C)C)[C@H]2C[C@@H](c3nnc[nH]3)CN(C(=O)O)C2)nc2cccc(F)c21. The van der Waals surface area contributed by atoms with Crippen LogP contribution in [0.2, 0.25) is 0 Å². The number of imidazole rings is 1. The van der Waals surface area contributed by atoms with E-state index in [0.717, 1.165) is 6.42 Å². The second kappa shape index (κ2) is 11.7. The third-order valence-corrected chi connectivity index (χ3v) is 6.67. The maximum Gasteiger partial charge on any atom is 0.407 e. The lowest BCUT2D eigenvalue weighted by Crippen LogP contribution is -2.54. The topological polar surface area (TPSA) is 129 Å². The summed E-state index contributed by atoms with van der Waals surface area (Å²) in [6.45, 7) is 5.79. The summed E-state index contributed by atoms with van der Waals surface area (Å²) in [5.41, 5.74) is 0.707. The number of rotatable bonds is 10. The molecule has 0 spiro atoms. The highest BCUT2D eigenvalue weighted by Gasteiger charge is 2.38. The van der Waals surface area contributed by atoms with E-state index >= 15 is 0 Å². The zero-order valence-corrected chi connectivity index (χ0v) is 21.4. The second-order valence-electron chi connectivity index (χ2n) is 9.89. The standard InChI is InChI=1S/C25H34FN7O4/c1-16(2)12-33(18-11-17(22-27-15-28-30-22)13-31(14-18)25(35)36)24(34)23-29-20-8-6-7-19(26)21(20)32(23)9-4-5-10-37-3/h6-8,15-18H,4-5,9-14H2,1-3H3,(H,35,36)(H,27,28,30)/t17-,18+/m1/s1. The minimum atomic E-state index is -1.06. The van der Waals surface area contributed by atoms with E-state index in [-0.39, 0.29) is 36.7 Å². The van der Waals surface area contributed by atoms with Crippen LogP contribution in [0.4, 0.5) is 9.18 Å². The average Bonchev–Trinajstić information content (AvgIpc) is 3.54. The number of fused-ring (bicyclic) bond motifs is 1. The van der Waals surface area contributed by atoms with Gasteiger partial charge in [-0.05, 0) is 37.3 Å². The van der Waals surface area contributed by atoms with Crippen LogP contribution in [0.25, 0.3) is 11.0 Å². The van der Waals surface area contributed by atoms with Crippen LogP contribution in [0.5, 0.6) is 0 Å². The van der Waals surface area contributed by atoms with Crippen molar-refractivity contribution < 1.29 is 23.8 Å². The fourth-order valence-electron chi connectivity index (χ4n) is 5.03. The summed E-state index contributed by atoms with van der Waals surface area (Å²) in [6, 6.07) is 4.22. The number of hydrogen-bond donors (Lipinski definition) is 2. The number of aromatic nitrogens is 5. The molecule has 200 valence electrons.